The summed E-state index contributed by atoms with van der Waals surface area (Å²) in [5, 5.41) is 12.0. The highest BCUT2D eigenvalue weighted by Gasteiger charge is 2.26. The molecule has 6 heteroatoms. The van der Waals surface area contributed by atoms with Gasteiger partial charge in [0.2, 0.25) is 0 Å². The van der Waals surface area contributed by atoms with E-state index in [0.29, 0.717) is 17.9 Å². The monoisotopic (exact) mass is 309 g/mol. The summed E-state index contributed by atoms with van der Waals surface area (Å²) in [6.07, 6.45) is 0.972. The molecule has 0 saturated heterocycles. The molecule has 1 amide bonds. The van der Waals surface area contributed by atoms with Crippen LogP contribution in [0.25, 0.3) is 0 Å². The molecule has 1 aromatic rings. The number of hydrogen-bond donors (Lipinski definition) is 2. The lowest BCUT2D eigenvalue weighted by molar-refractivity contribution is -0.145. The number of hydrogen-bond acceptors (Lipinski definition) is 5. The molecule has 1 aromatic carbocycles. The zero-order valence-electron chi connectivity index (χ0n) is 13.2. The number of ether oxygens (including phenoxy) is 2. The molecular formula is C16H23NO5. The van der Waals surface area contributed by atoms with Crippen LogP contribution in [-0.2, 0) is 9.53 Å². The lowest BCUT2D eigenvalue weighted by atomic mass is 10.1. The van der Waals surface area contributed by atoms with E-state index in [0.717, 1.165) is 12.8 Å². The van der Waals surface area contributed by atoms with Gasteiger partial charge in [0.1, 0.15) is 5.75 Å². The summed E-state index contributed by atoms with van der Waals surface area (Å²) in [5.41, 5.74) is 0.373. The molecule has 2 atom stereocenters. The normalized spacial score (nSPS) is 13.1. The van der Waals surface area contributed by atoms with Gasteiger partial charge in [-0.2, -0.15) is 0 Å². The second-order valence-electron chi connectivity index (χ2n) is 4.94. The summed E-state index contributed by atoms with van der Waals surface area (Å²) in [5.74, 6) is -0.468. The summed E-state index contributed by atoms with van der Waals surface area (Å²) in [6.45, 7) is 4.12. The Bertz CT molecular complexity index is 484. The average molecular weight is 309 g/mol. The smallest absolute Gasteiger partial charge is 0.331 e. The fraction of sp³-hybridized carbons (Fsp3) is 0.500. The predicted molar refractivity (Wildman–Crippen MR) is 81.8 cm³/mol. The fourth-order valence-corrected chi connectivity index (χ4v) is 1.76. The molecule has 122 valence electrons. The van der Waals surface area contributed by atoms with Crippen LogP contribution in [0, 0.1) is 0 Å². The van der Waals surface area contributed by atoms with Gasteiger partial charge in [0.05, 0.1) is 19.8 Å². The summed E-state index contributed by atoms with van der Waals surface area (Å²) >= 11 is 0. The molecule has 0 bridgehead atoms. The van der Waals surface area contributed by atoms with Crippen molar-refractivity contribution in [3.8, 4) is 5.75 Å². The molecule has 0 saturated carbocycles. The minimum atomic E-state index is -1.10. The van der Waals surface area contributed by atoms with Crippen molar-refractivity contribution in [1.29, 1.82) is 0 Å². The van der Waals surface area contributed by atoms with Crippen LogP contribution in [0.15, 0.2) is 24.3 Å². The molecule has 0 aliphatic carbocycles. The van der Waals surface area contributed by atoms with Gasteiger partial charge in [-0.3, -0.25) is 4.79 Å². The highest BCUT2D eigenvalue weighted by molar-refractivity contribution is 5.97. The van der Waals surface area contributed by atoms with E-state index in [1.165, 1.54) is 14.0 Å². The SMILES string of the molecule is CCCCOc1ccc(C(=O)N[C@@H](C(=O)OC)[C@@H](C)O)cc1. The molecule has 22 heavy (non-hydrogen) atoms. The summed E-state index contributed by atoms with van der Waals surface area (Å²) < 4.78 is 10.1. The molecule has 0 spiro atoms. The Morgan fingerprint density at radius 2 is 1.91 bits per heavy atom. The first-order valence-electron chi connectivity index (χ1n) is 7.29. The third-order valence-corrected chi connectivity index (χ3v) is 3.11. The van der Waals surface area contributed by atoms with E-state index in [1.807, 2.05) is 0 Å². The van der Waals surface area contributed by atoms with Crippen LogP contribution in [0.3, 0.4) is 0 Å². The number of nitrogens with one attached hydrogen (secondary N) is 1. The van der Waals surface area contributed by atoms with Crippen molar-refractivity contribution < 1.29 is 24.2 Å². The molecule has 6 nitrogen and oxygen atoms in total. The fourth-order valence-electron chi connectivity index (χ4n) is 1.76. The Kier molecular flexibility index (Phi) is 7.39. The number of unbranched alkanes of at least 4 members (excludes halogenated alkanes) is 1. The highest BCUT2D eigenvalue weighted by atomic mass is 16.5. The molecule has 0 unspecified atom stereocenters. The first-order chi connectivity index (χ1) is 10.5. The number of carbonyl (C=O) groups excluding carboxylic acids is 2. The van der Waals surface area contributed by atoms with Crippen molar-refractivity contribution >= 4 is 11.9 Å². The van der Waals surface area contributed by atoms with E-state index in [4.69, 9.17) is 4.74 Å². The Hall–Kier alpha value is -2.08. The third-order valence-electron chi connectivity index (χ3n) is 3.11. The summed E-state index contributed by atoms with van der Waals surface area (Å²) in [7, 11) is 1.20. The van der Waals surface area contributed by atoms with Crippen molar-refractivity contribution in [1.82, 2.24) is 5.32 Å². The minimum absolute atomic E-state index is 0.373. The Morgan fingerprint density at radius 1 is 1.27 bits per heavy atom. The van der Waals surface area contributed by atoms with E-state index in [1.54, 1.807) is 24.3 Å². The summed E-state index contributed by atoms with van der Waals surface area (Å²) in [4.78, 5) is 23.6. The molecule has 0 fully saturated rings. The van der Waals surface area contributed by atoms with Crippen molar-refractivity contribution in [3.63, 3.8) is 0 Å². The lowest BCUT2D eigenvalue weighted by Gasteiger charge is -2.19. The van der Waals surface area contributed by atoms with Crippen LogP contribution >= 0.6 is 0 Å². The van der Waals surface area contributed by atoms with E-state index in [9.17, 15) is 14.7 Å². The minimum Gasteiger partial charge on any atom is -0.494 e. The zero-order valence-corrected chi connectivity index (χ0v) is 13.2. The first kappa shape index (κ1) is 18.0. The second kappa shape index (κ2) is 9.04. The maximum absolute atomic E-state index is 12.1. The molecule has 0 heterocycles. The average Bonchev–Trinajstić information content (AvgIpc) is 2.52. The Morgan fingerprint density at radius 3 is 2.41 bits per heavy atom. The van der Waals surface area contributed by atoms with Gasteiger partial charge in [-0.15, -0.1) is 0 Å². The topological polar surface area (TPSA) is 84.9 Å². The van der Waals surface area contributed by atoms with Crippen molar-refractivity contribution in [2.45, 2.75) is 38.8 Å². The molecule has 2 N–H and O–H groups in total. The largest absolute Gasteiger partial charge is 0.494 e. The number of aliphatic hydroxyl groups is 1. The number of rotatable bonds is 8. The Balaban J connectivity index is 2.66. The molecular weight excluding hydrogens is 286 g/mol. The van der Waals surface area contributed by atoms with Crippen LogP contribution in [0.4, 0.5) is 0 Å². The number of esters is 1. The predicted octanol–water partition coefficient (Wildman–Crippen LogP) is 1.52. The van der Waals surface area contributed by atoms with Crippen LogP contribution in [0.1, 0.15) is 37.0 Å². The van der Waals surface area contributed by atoms with Gasteiger partial charge in [0, 0.05) is 5.56 Å². The molecule has 0 aromatic heterocycles. The van der Waals surface area contributed by atoms with Gasteiger partial charge in [0.15, 0.2) is 6.04 Å². The lowest BCUT2D eigenvalue weighted by Crippen LogP contribution is -2.48. The molecule has 0 aliphatic rings. The van der Waals surface area contributed by atoms with Crippen LogP contribution < -0.4 is 10.1 Å². The maximum Gasteiger partial charge on any atom is 0.331 e. The van der Waals surface area contributed by atoms with Crippen LogP contribution in [-0.4, -0.2) is 42.8 Å². The van der Waals surface area contributed by atoms with Crippen molar-refractivity contribution in [3.05, 3.63) is 29.8 Å². The number of amides is 1. The van der Waals surface area contributed by atoms with E-state index < -0.39 is 24.0 Å². The van der Waals surface area contributed by atoms with Gasteiger partial charge in [0.25, 0.3) is 5.91 Å². The zero-order chi connectivity index (χ0) is 16.5. The van der Waals surface area contributed by atoms with Gasteiger partial charge in [-0.05, 0) is 37.6 Å². The second-order valence-corrected chi connectivity index (χ2v) is 4.94. The van der Waals surface area contributed by atoms with Gasteiger partial charge >= 0.3 is 5.97 Å². The van der Waals surface area contributed by atoms with Crippen molar-refractivity contribution in [2.24, 2.45) is 0 Å². The molecule has 0 radical (unpaired) electrons. The number of benzene rings is 1. The van der Waals surface area contributed by atoms with E-state index >= 15 is 0 Å². The standard InChI is InChI=1S/C16H23NO5/c1-4-5-10-22-13-8-6-12(7-9-13)15(19)17-14(11(2)18)16(20)21-3/h6-9,11,14,18H,4-5,10H2,1-3H3,(H,17,19)/t11-,14-/m1/s1. The number of carbonyl (C=O) groups is 2. The number of aliphatic hydroxyl groups excluding tert-OH is 1. The Labute approximate surface area is 130 Å². The van der Waals surface area contributed by atoms with Gasteiger partial charge in [-0.25, -0.2) is 4.79 Å². The van der Waals surface area contributed by atoms with E-state index in [2.05, 4.69) is 17.0 Å². The highest BCUT2D eigenvalue weighted by Crippen LogP contribution is 2.13. The van der Waals surface area contributed by atoms with Gasteiger partial charge in [-0.1, -0.05) is 13.3 Å². The first-order valence-corrected chi connectivity index (χ1v) is 7.29. The maximum atomic E-state index is 12.1. The third kappa shape index (κ3) is 5.37. The van der Waals surface area contributed by atoms with Crippen LogP contribution in [0.2, 0.25) is 0 Å². The van der Waals surface area contributed by atoms with E-state index in [-0.39, 0.29) is 0 Å². The van der Waals surface area contributed by atoms with Gasteiger partial charge < -0.3 is 19.9 Å². The van der Waals surface area contributed by atoms with Crippen LogP contribution in [0.5, 0.6) is 5.75 Å². The van der Waals surface area contributed by atoms with Crippen molar-refractivity contribution in [2.75, 3.05) is 13.7 Å². The molecule has 0 aliphatic heterocycles. The quantitative estimate of drug-likeness (QED) is 0.562. The number of methoxy groups -OCH3 is 1. The summed E-state index contributed by atoms with van der Waals surface area (Å²) in [6, 6.07) is 5.50. The molecule has 1 rings (SSSR count).